The van der Waals surface area contributed by atoms with Crippen molar-refractivity contribution >= 4 is 29.3 Å². The van der Waals surface area contributed by atoms with E-state index in [-0.39, 0.29) is 43.0 Å². The maximum Gasteiger partial charge on any atom is 1.00 e. The topological polar surface area (TPSA) is 57.2 Å². The average molecular weight is 513 g/mol. The number of benzene rings is 2. The van der Waals surface area contributed by atoms with Crippen LogP contribution in [0, 0.1) is 0 Å². The van der Waals surface area contributed by atoms with Crippen molar-refractivity contribution in [3.63, 3.8) is 0 Å². The van der Waals surface area contributed by atoms with Crippen LogP contribution in [0.3, 0.4) is 0 Å². The van der Waals surface area contributed by atoms with Crippen LogP contribution < -0.4 is 40.2 Å². The molecule has 0 fully saturated rings. The molecule has 0 aliphatic carbocycles. The summed E-state index contributed by atoms with van der Waals surface area (Å²) in [6.07, 6.45) is 20.1. The predicted octanol–water partition coefficient (Wildman–Crippen LogP) is 4.25. The summed E-state index contributed by atoms with van der Waals surface area (Å²) in [7, 11) is -4.27. The molecule has 0 saturated heterocycles. The van der Waals surface area contributed by atoms with E-state index in [9.17, 15) is 13.0 Å². The van der Waals surface area contributed by atoms with Gasteiger partial charge in [0.05, 0.1) is 4.90 Å². The molecule has 0 aliphatic heterocycles. The molecular formula is C28H42NaO3PS. The Bertz CT molecular complexity index is 902. The number of unbranched alkanes of at least 4 members (excludes halogenated alkanes) is 13. The molecule has 0 spiro atoms. The fraction of sp³-hybridized carbons (Fsp3) is 0.571. The molecule has 0 radical (unpaired) electrons. The van der Waals surface area contributed by atoms with E-state index in [1.807, 2.05) is 12.1 Å². The molecule has 2 aromatic carbocycles. The SMILES string of the molecule is CCCCCCCCCCCCCCCCc1cccc(Pc2ccccc2S(=O)(=O)[O-])c1.[Na+]. The minimum atomic E-state index is -4.44. The molecule has 2 rings (SSSR count). The number of rotatable bonds is 18. The van der Waals surface area contributed by atoms with Gasteiger partial charge >= 0.3 is 29.6 Å². The van der Waals surface area contributed by atoms with Crippen molar-refractivity contribution < 1.29 is 42.5 Å². The molecule has 6 heteroatoms. The largest absolute Gasteiger partial charge is 1.00 e. The molecule has 3 nitrogen and oxygen atoms in total. The summed E-state index contributed by atoms with van der Waals surface area (Å²) in [6, 6.07) is 14.9. The van der Waals surface area contributed by atoms with Crippen molar-refractivity contribution in [1.29, 1.82) is 0 Å². The van der Waals surface area contributed by atoms with Gasteiger partial charge in [-0.05, 0) is 35.1 Å². The molecule has 184 valence electrons. The molecule has 0 aromatic heterocycles. The zero-order valence-electron chi connectivity index (χ0n) is 21.4. The number of hydrogen-bond acceptors (Lipinski definition) is 3. The Hall–Kier alpha value is -0.220. The number of hydrogen-bond donors (Lipinski definition) is 0. The third-order valence-electron chi connectivity index (χ3n) is 6.18. The molecule has 2 aromatic rings. The fourth-order valence-corrected chi connectivity index (χ4v) is 6.52. The van der Waals surface area contributed by atoms with Gasteiger partial charge in [0.15, 0.2) is 0 Å². The van der Waals surface area contributed by atoms with Crippen LogP contribution in [0.1, 0.15) is 102 Å². The fourth-order valence-electron chi connectivity index (χ4n) is 4.27. The second-order valence-electron chi connectivity index (χ2n) is 9.12. The van der Waals surface area contributed by atoms with Crippen LogP contribution in [0.15, 0.2) is 53.4 Å². The Morgan fingerprint density at radius 1 is 0.706 bits per heavy atom. The monoisotopic (exact) mass is 512 g/mol. The van der Waals surface area contributed by atoms with Gasteiger partial charge in [0.1, 0.15) is 10.1 Å². The first-order valence-corrected chi connectivity index (χ1v) is 15.3. The summed E-state index contributed by atoms with van der Waals surface area (Å²) in [6.45, 7) is 2.27. The normalized spacial score (nSPS) is 11.7. The van der Waals surface area contributed by atoms with Crippen LogP contribution in [-0.2, 0) is 16.5 Å². The second-order valence-corrected chi connectivity index (χ2v) is 11.8. The van der Waals surface area contributed by atoms with Crippen LogP contribution >= 0.6 is 8.58 Å². The van der Waals surface area contributed by atoms with Gasteiger partial charge in [-0.2, -0.15) is 0 Å². The summed E-state index contributed by atoms with van der Waals surface area (Å²) >= 11 is 0. The van der Waals surface area contributed by atoms with E-state index in [1.165, 1.54) is 102 Å². The molecule has 0 saturated carbocycles. The van der Waals surface area contributed by atoms with E-state index in [2.05, 4.69) is 19.1 Å². The van der Waals surface area contributed by atoms with Gasteiger partial charge in [0.2, 0.25) is 0 Å². The molecule has 1 atom stereocenters. The first kappa shape index (κ1) is 31.8. The van der Waals surface area contributed by atoms with E-state index in [4.69, 9.17) is 0 Å². The van der Waals surface area contributed by atoms with Crippen LogP contribution in [0.5, 0.6) is 0 Å². The predicted molar refractivity (Wildman–Crippen MR) is 142 cm³/mol. The van der Waals surface area contributed by atoms with Crippen LogP contribution in [-0.4, -0.2) is 13.0 Å². The maximum atomic E-state index is 11.5. The van der Waals surface area contributed by atoms with Gasteiger partial charge in [0.25, 0.3) is 0 Å². The summed E-state index contributed by atoms with van der Waals surface area (Å²) < 4.78 is 34.6. The second kappa shape index (κ2) is 19.0. The smallest absolute Gasteiger partial charge is 0.744 e. The third-order valence-corrected chi connectivity index (χ3v) is 8.56. The maximum absolute atomic E-state index is 11.5. The van der Waals surface area contributed by atoms with Crippen LogP contribution in [0.4, 0.5) is 0 Å². The Labute approximate surface area is 232 Å². The van der Waals surface area contributed by atoms with Crippen molar-refractivity contribution in [2.75, 3.05) is 0 Å². The van der Waals surface area contributed by atoms with Gasteiger partial charge in [0, 0.05) is 0 Å². The van der Waals surface area contributed by atoms with Crippen molar-refractivity contribution in [3.8, 4) is 0 Å². The molecule has 34 heavy (non-hydrogen) atoms. The van der Waals surface area contributed by atoms with Gasteiger partial charge in [-0.1, -0.05) is 141 Å². The average Bonchev–Trinajstić information content (AvgIpc) is 2.79. The van der Waals surface area contributed by atoms with Crippen LogP contribution in [0.25, 0.3) is 0 Å². The molecule has 0 heterocycles. The third kappa shape index (κ3) is 13.8. The molecule has 0 bridgehead atoms. The van der Waals surface area contributed by atoms with E-state index < -0.39 is 10.1 Å². The minimum Gasteiger partial charge on any atom is -0.744 e. The molecule has 0 amide bonds. The van der Waals surface area contributed by atoms with E-state index in [1.54, 1.807) is 18.2 Å². The van der Waals surface area contributed by atoms with Gasteiger partial charge in [-0.15, -0.1) is 0 Å². The Morgan fingerprint density at radius 3 is 1.79 bits per heavy atom. The van der Waals surface area contributed by atoms with Crippen molar-refractivity contribution in [1.82, 2.24) is 0 Å². The quantitative estimate of drug-likeness (QED) is 0.130. The zero-order valence-corrected chi connectivity index (χ0v) is 25.2. The zero-order chi connectivity index (χ0) is 23.8. The first-order chi connectivity index (χ1) is 16.0. The first-order valence-electron chi connectivity index (χ1n) is 12.9. The van der Waals surface area contributed by atoms with Crippen molar-refractivity contribution in [2.45, 2.75) is 108 Å². The van der Waals surface area contributed by atoms with Crippen molar-refractivity contribution in [3.05, 3.63) is 54.1 Å². The molecule has 1 unspecified atom stereocenters. The summed E-state index contributed by atoms with van der Waals surface area (Å²) in [5, 5.41) is 1.68. The minimum absolute atomic E-state index is 0. The van der Waals surface area contributed by atoms with Crippen LogP contribution in [0.2, 0.25) is 0 Å². The summed E-state index contributed by atoms with van der Waals surface area (Å²) in [4.78, 5) is -0.0966. The van der Waals surface area contributed by atoms with Gasteiger partial charge < -0.3 is 4.55 Å². The Morgan fingerprint density at radius 2 is 1.24 bits per heavy atom. The Balaban J connectivity index is 0.00000578. The molecule has 0 aliphatic rings. The molecule has 0 N–H and O–H groups in total. The Kier molecular flexibility index (Phi) is 17.7. The summed E-state index contributed by atoms with van der Waals surface area (Å²) in [5.41, 5.74) is 1.29. The van der Waals surface area contributed by atoms with E-state index in [0.29, 0.717) is 5.30 Å². The van der Waals surface area contributed by atoms with Crippen molar-refractivity contribution in [2.24, 2.45) is 0 Å². The molecular weight excluding hydrogens is 470 g/mol. The van der Waals surface area contributed by atoms with Gasteiger partial charge in [-0.3, -0.25) is 0 Å². The van der Waals surface area contributed by atoms with Gasteiger partial charge in [-0.25, -0.2) is 8.42 Å². The summed E-state index contributed by atoms with van der Waals surface area (Å²) in [5.74, 6) is 0. The van der Waals surface area contributed by atoms with E-state index in [0.717, 1.165) is 11.7 Å². The van der Waals surface area contributed by atoms with E-state index >= 15 is 0 Å². The number of aryl methyl sites for hydroxylation is 1. The standard InChI is InChI=1S/C28H43O3PS.Na/c1-2-3-4-5-6-7-8-9-10-11-12-13-14-15-19-25-20-18-21-26(24-25)32-27-22-16-17-23-28(27)33(29,30)31;/h16-18,20-24,32H,2-15,19H2,1H3,(H,29,30,31);/q;+1/p-1.